The predicted octanol–water partition coefficient (Wildman–Crippen LogP) is 0.420. The maximum atomic E-state index is 13.1. The van der Waals surface area contributed by atoms with Crippen molar-refractivity contribution in [2.75, 3.05) is 46.8 Å². The second-order valence-electron chi connectivity index (χ2n) is 8.19. The number of aromatic nitrogens is 3. The third kappa shape index (κ3) is 3.54. The predicted molar refractivity (Wildman–Crippen MR) is 107 cm³/mol. The van der Waals surface area contributed by atoms with Gasteiger partial charge in [0.1, 0.15) is 12.1 Å². The van der Waals surface area contributed by atoms with Crippen LogP contribution in [0.2, 0.25) is 0 Å². The molecule has 2 aliphatic rings. The molecular formula is C20H28N6O2. The minimum atomic E-state index is -0.264. The van der Waals surface area contributed by atoms with Crippen LogP contribution in [0.1, 0.15) is 19.3 Å². The average molecular weight is 384 g/mol. The minimum Gasteiger partial charge on any atom is -0.339 e. The van der Waals surface area contributed by atoms with Crippen molar-refractivity contribution in [3.05, 3.63) is 34.6 Å². The lowest BCUT2D eigenvalue weighted by atomic mass is 9.85. The fourth-order valence-corrected chi connectivity index (χ4v) is 4.43. The largest absolute Gasteiger partial charge is 0.339 e. The summed E-state index contributed by atoms with van der Waals surface area (Å²) in [6, 6.07) is 7.10. The number of likely N-dealkylation sites (tertiary alicyclic amines) is 1. The van der Waals surface area contributed by atoms with Crippen LogP contribution in [0.5, 0.6) is 0 Å². The first-order chi connectivity index (χ1) is 13.5. The molecule has 0 N–H and O–H groups in total. The smallest absolute Gasteiger partial charge is 0.278 e. The number of hydrogen-bond donors (Lipinski definition) is 0. The molecule has 1 spiro atoms. The van der Waals surface area contributed by atoms with Crippen molar-refractivity contribution in [2.45, 2.75) is 31.3 Å². The summed E-state index contributed by atoms with van der Waals surface area (Å²) in [7, 11) is 4.33. The van der Waals surface area contributed by atoms with E-state index in [1.807, 2.05) is 11.0 Å². The molecule has 0 aliphatic carbocycles. The van der Waals surface area contributed by atoms with Crippen molar-refractivity contribution in [3.8, 4) is 0 Å². The van der Waals surface area contributed by atoms with E-state index in [0.717, 1.165) is 45.4 Å². The Balaban J connectivity index is 1.54. The molecule has 0 unspecified atom stereocenters. The Labute approximate surface area is 164 Å². The highest BCUT2D eigenvalue weighted by molar-refractivity contribution is 5.78. The van der Waals surface area contributed by atoms with Gasteiger partial charge in [-0.15, -0.1) is 5.10 Å². The van der Waals surface area contributed by atoms with Crippen LogP contribution in [0, 0.1) is 0 Å². The number of benzene rings is 1. The summed E-state index contributed by atoms with van der Waals surface area (Å²) in [4.78, 5) is 32.5. The van der Waals surface area contributed by atoms with Gasteiger partial charge in [0.15, 0.2) is 0 Å². The van der Waals surface area contributed by atoms with Gasteiger partial charge in [-0.05, 0) is 58.6 Å². The molecule has 28 heavy (non-hydrogen) atoms. The zero-order valence-corrected chi connectivity index (χ0v) is 16.7. The molecule has 8 nitrogen and oxygen atoms in total. The zero-order chi connectivity index (χ0) is 19.7. The Morgan fingerprint density at radius 3 is 2.64 bits per heavy atom. The van der Waals surface area contributed by atoms with Crippen molar-refractivity contribution < 1.29 is 4.79 Å². The maximum Gasteiger partial charge on any atom is 0.278 e. The van der Waals surface area contributed by atoms with Crippen LogP contribution < -0.4 is 5.56 Å². The maximum absolute atomic E-state index is 13.1. The van der Waals surface area contributed by atoms with E-state index in [4.69, 9.17) is 0 Å². The monoisotopic (exact) mass is 384 g/mol. The van der Waals surface area contributed by atoms with Gasteiger partial charge in [-0.2, -0.15) is 0 Å². The number of rotatable bonds is 2. The molecule has 0 radical (unpaired) electrons. The number of likely N-dealkylation sites (N-methyl/N-ethyl adjacent to an activating group) is 1. The second kappa shape index (κ2) is 7.60. The minimum absolute atomic E-state index is 0.0265. The second-order valence-corrected chi connectivity index (χ2v) is 8.19. The highest BCUT2D eigenvalue weighted by Crippen LogP contribution is 2.30. The molecule has 2 aromatic rings. The molecule has 0 atom stereocenters. The van der Waals surface area contributed by atoms with E-state index in [-0.39, 0.29) is 23.6 Å². The van der Waals surface area contributed by atoms with Crippen LogP contribution in [0.4, 0.5) is 0 Å². The van der Waals surface area contributed by atoms with Crippen LogP contribution >= 0.6 is 0 Å². The summed E-state index contributed by atoms with van der Waals surface area (Å²) in [6.07, 6.45) is 3.05. The quantitative estimate of drug-likeness (QED) is 0.747. The van der Waals surface area contributed by atoms with E-state index < -0.39 is 0 Å². The topological polar surface area (TPSA) is 74.6 Å². The van der Waals surface area contributed by atoms with E-state index in [2.05, 4.69) is 34.2 Å². The number of carbonyl (C=O) groups excluding carboxylic acids is 1. The third-order valence-corrected chi connectivity index (χ3v) is 6.40. The molecule has 1 aromatic heterocycles. The van der Waals surface area contributed by atoms with Gasteiger partial charge in [0, 0.05) is 25.2 Å². The number of hydrogen-bond acceptors (Lipinski definition) is 6. The number of nitrogens with zero attached hydrogens (tertiary/aromatic N) is 6. The normalized spacial score (nSPS) is 21.1. The first kappa shape index (κ1) is 19.0. The number of piperidine rings is 1. The van der Waals surface area contributed by atoms with Gasteiger partial charge in [-0.1, -0.05) is 17.3 Å². The lowest BCUT2D eigenvalue weighted by Gasteiger charge is -2.47. The van der Waals surface area contributed by atoms with E-state index in [1.54, 1.807) is 18.2 Å². The Kier molecular flexibility index (Phi) is 5.16. The highest BCUT2D eigenvalue weighted by Gasteiger charge is 2.41. The van der Waals surface area contributed by atoms with E-state index in [9.17, 15) is 9.59 Å². The summed E-state index contributed by atoms with van der Waals surface area (Å²) in [6.45, 7) is 4.45. The van der Waals surface area contributed by atoms with Crippen LogP contribution in [-0.2, 0) is 11.3 Å². The lowest BCUT2D eigenvalue weighted by Crippen LogP contribution is -2.58. The van der Waals surface area contributed by atoms with Gasteiger partial charge in [0.2, 0.25) is 5.91 Å². The molecule has 150 valence electrons. The van der Waals surface area contributed by atoms with Crippen LogP contribution in [0.15, 0.2) is 29.1 Å². The zero-order valence-electron chi connectivity index (χ0n) is 16.7. The molecule has 8 heteroatoms. The Bertz CT molecular complexity index is 918. The number of fused-ring (bicyclic) bond motifs is 1. The Morgan fingerprint density at radius 2 is 1.86 bits per heavy atom. The molecule has 1 amide bonds. The number of amides is 1. The number of carbonyl (C=O) groups is 1. The van der Waals surface area contributed by atoms with E-state index >= 15 is 0 Å². The van der Waals surface area contributed by atoms with Gasteiger partial charge in [-0.25, -0.2) is 4.68 Å². The van der Waals surface area contributed by atoms with E-state index in [0.29, 0.717) is 17.4 Å². The Hall–Kier alpha value is -2.32. The van der Waals surface area contributed by atoms with Gasteiger partial charge in [0.05, 0.1) is 5.39 Å². The van der Waals surface area contributed by atoms with Crippen molar-refractivity contribution in [1.29, 1.82) is 0 Å². The van der Waals surface area contributed by atoms with Gasteiger partial charge >= 0.3 is 0 Å². The standard InChI is InChI=1S/C20H28N6O2/c1-23-12-8-20(9-13-23)15-25(11-5-10-24(20)2)18(27)14-26-19(28)16-6-3-4-7-17(16)21-22-26/h3-4,6-7H,5,8-15H2,1-2H3. The SMILES string of the molecule is CN1CCC2(CC1)CN(C(=O)Cn1nnc3ccccc3c1=O)CCCN2C. The fraction of sp³-hybridized carbons (Fsp3) is 0.600. The van der Waals surface area contributed by atoms with Crippen LogP contribution in [-0.4, -0.2) is 88.0 Å². The summed E-state index contributed by atoms with van der Waals surface area (Å²) in [5, 5.41) is 8.57. The molecule has 4 rings (SSSR count). The molecule has 2 saturated heterocycles. The molecule has 2 aliphatic heterocycles. The molecule has 0 bridgehead atoms. The lowest BCUT2D eigenvalue weighted by molar-refractivity contribution is -0.133. The summed E-state index contributed by atoms with van der Waals surface area (Å²) in [5.41, 5.74) is 0.316. The first-order valence-corrected chi connectivity index (χ1v) is 9.99. The molecule has 3 heterocycles. The van der Waals surface area contributed by atoms with Crippen molar-refractivity contribution in [3.63, 3.8) is 0 Å². The Morgan fingerprint density at radius 1 is 1.11 bits per heavy atom. The van der Waals surface area contributed by atoms with Gasteiger partial charge in [-0.3, -0.25) is 14.5 Å². The van der Waals surface area contributed by atoms with Gasteiger partial charge in [0.25, 0.3) is 5.56 Å². The van der Waals surface area contributed by atoms with Crippen molar-refractivity contribution >= 4 is 16.8 Å². The first-order valence-electron chi connectivity index (χ1n) is 9.99. The molecule has 2 fully saturated rings. The summed E-state index contributed by atoms with van der Waals surface area (Å²) in [5.74, 6) is -0.0553. The van der Waals surface area contributed by atoms with Gasteiger partial charge < -0.3 is 9.80 Å². The highest BCUT2D eigenvalue weighted by atomic mass is 16.2. The van der Waals surface area contributed by atoms with Crippen LogP contribution in [0.3, 0.4) is 0 Å². The molecule has 1 aromatic carbocycles. The fourth-order valence-electron chi connectivity index (χ4n) is 4.43. The summed E-state index contributed by atoms with van der Waals surface area (Å²) < 4.78 is 1.20. The average Bonchev–Trinajstić information content (AvgIpc) is 2.86. The summed E-state index contributed by atoms with van der Waals surface area (Å²) >= 11 is 0. The van der Waals surface area contributed by atoms with Crippen LogP contribution in [0.25, 0.3) is 10.9 Å². The van der Waals surface area contributed by atoms with Crippen molar-refractivity contribution in [2.24, 2.45) is 0 Å². The molecular weight excluding hydrogens is 356 g/mol. The van der Waals surface area contributed by atoms with E-state index in [1.165, 1.54) is 4.68 Å². The third-order valence-electron chi connectivity index (χ3n) is 6.40. The van der Waals surface area contributed by atoms with Crippen molar-refractivity contribution in [1.82, 2.24) is 29.7 Å². The molecule has 0 saturated carbocycles.